The lowest BCUT2D eigenvalue weighted by Crippen LogP contribution is -2.07. The van der Waals surface area contributed by atoms with Crippen molar-refractivity contribution in [3.8, 4) is 0 Å². The van der Waals surface area contributed by atoms with E-state index >= 15 is 0 Å². The lowest BCUT2D eigenvalue weighted by Gasteiger charge is -2.10. The zero-order valence-corrected chi connectivity index (χ0v) is 20.4. The Kier molecular flexibility index (Phi) is 7.17. The Labute approximate surface area is 202 Å². The van der Waals surface area contributed by atoms with Crippen molar-refractivity contribution < 1.29 is 8.96 Å². The Morgan fingerprint density at radius 1 is 0.914 bits per heavy atom. The van der Waals surface area contributed by atoms with E-state index in [4.69, 9.17) is 0 Å². The Morgan fingerprint density at radius 3 is 2.34 bits per heavy atom. The number of nitrogens with one attached hydrogen (secondary N) is 3. The highest BCUT2D eigenvalue weighted by Gasteiger charge is 2.11. The molecule has 0 atom stereocenters. The molecular weight excluding hydrogens is 464 g/mol. The van der Waals surface area contributed by atoms with E-state index < -0.39 is 7.14 Å². The second-order valence-corrected chi connectivity index (χ2v) is 11.3. The van der Waals surface area contributed by atoms with Gasteiger partial charge in [0.25, 0.3) is 0 Å². The number of nitrogens with zero attached hydrogens (tertiary/aromatic N) is 4. The molecule has 4 aromatic rings. The quantitative estimate of drug-likeness (QED) is 0.274. The van der Waals surface area contributed by atoms with Crippen LogP contribution in [0.1, 0.15) is 24.0 Å². The van der Waals surface area contributed by atoms with Gasteiger partial charge in [-0.15, -0.1) is 0 Å². The summed E-state index contributed by atoms with van der Waals surface area (Å²) in [6.45, 7) is 5.38. The lowest BCUT2D eigenvalue weighted by atomic mass is 10.2. The lowest BCUT2D eigenvalue weighted by molar-refractivity contribution is 0.588. The maximum absolute atomic E-state index is 13.5. The summed E-state index contributed by atoms with van der Waals surface area (Å²) >= 11 is 0. The summed E-state index contributed by atoms with van der Waals surface area (Å²) in [6, 6.07) is 15.3. The minimum absolute atomic E-state index is 0.281. The number of aromatic nitrogens is 5. The van der Waals surface area contributed by atoms with E-state index in [0.717, 1.165) is 16.7 Å². The largest absolute Gasteiger partial charge is 0.324 e. The molecule has 35 heavy (non-hydrogen) atoms. The van der Waals surface area contributed by atoms with Gasteiger partial charge in [-0.1, -0.05) is 24.3 Å². The number of hydrogen-bond acceptors (Lipinski definition) is 7. The number of halogens is 1. The first-order chi connectivity index (χ1) is 16.8. The van der Waals surface area contributed by atoms with Gasteiger partial charge in [0.1, 0.15) is 13.0 Å². The number of anilines is 4. The summed E-state index contributed by atoms with van der Waals surface area (Å²) in [6.07, 6.45) is 7.19. The highest BCUT2D eigenvalue weighted by Crippen LogP contribution is 2.34. The Balaban J connectivity index is 1.63. The van der Waals surface area contributed by atoms with Crippen molar-refractivity contribution in [2.75, 3.05) is 24.0 Å². The summed E-state index contributed by atoms with van der Waals surface area (Å²) in [4.78, 5) is 13.4. The van der Waals surface area contributed by atoms with Crippen LogP contribution < -0.4 is 15.9 Å². The van der Waals surface area contributed by atoms with Crippen molar-refractivity contribution in [1.82, 2.24) is 25.1 Å². The van der Waals surface area contributed by atoms with Gasteiger partial charge in [0.05, 0.1) is 5.69 Å². The maximum Gasteiger partial charge on any atom is 0.233 e. The molecule has 0 aliphatic rings. The molecule has 0 radical (unpaired) electrons. The standard InChI is InChI=1S/C25H25FN7OP/c1-4-6-20-16-23(33-32-20)30-25-29-22(14-9-17-7-5-8-18(26)15-17)28-24(31-25)27-19-10-12-21(13-11-19)35(2,3)34/h4-16H,1-3H3,(H3,27,28,29,30,31,32,33)/b6-4+,14-9+. The second-order valence-electron chi connectivity index (χ2n) is 8.09. The first kappa shape index (κ1) is 24.0. The number of rotatable bonds is 8. The van der Waals surface area contributed by atoms with E-state index in [9.17, 15) is 8.96 Å². The van der Waals surface area contributed by atoms with Crippen molar-refractivity contribution in [3.05, 3.63) is 83.6 Å². The van der Waals surface area contributed by atoms with Crippen LogP contribution in [0.5, 0.6) is 0 Å². The molecule has 0 aliphatic heterocycles. The van der Waals surface area contributed by atoms with Gasteiger partial charge in [0, 0.05) is 17.1 Å². The third-order valence-electron chi connectivity index (χ3n) is 4.86. The SMILES string of the molecule is C/C=C/c1cc(Nc2nc(/C=C/c3cccc(F)c3)nc(Nc3ccc(P(C)(C)=O)cc3)n2)n[nH]1. The highest BCUT2D eigenvalue weighted by atomic mass is 31.2. The molecule has 0 saturated carbocycles. The van der Waals surface area contributed by atoms with Crippen molar-refractivity contribution in [2.24, 2.45) is 0 Å². The Bertz CT molecular complexity index is 1420. The van der Waals surface area contributed by atoms with Gasteiger partial charge in [-0.25, -0.2) is 4.39 Å². The minimum Gasteiger partial charge on any atom is -0.324 e. The Morgan fingerprint density at radius 2 is 1.66 bits per heavy atom. The molecular formula is C25H25FN7OP. The summed E-state index contributed by atoms with van der Waals surface area (Å²) in [7, 11) is -2.35. The molecule has 178 valence electrons. The van der Waals surface area contributed by atoms with Gasteiger partial charge in [-0.05, 0) is 74.4 Å². The van der Waals surface area contributed by atoms with Gasteiger partial charge >= 0.3 is 0 Å². The average molecular weight is 489 g/mol. The van der Waals surface area contributed by atoms with E-state index in [1.807, 2.05) is 49.4 Å². The molecule has 3 N–H and O–H groups in total. The van der Waals surface area contributed by atoms with Crippen LogP contribution in [0.2, 0.25) is 0 Å². The fourth-order valence-corrected chi connectivity index (χ4v) is 4.04. The summed E-state index contributed by atoms with van der Waals surface area (Å²) in [5.74, 6) is 1.16. The van der Waals surface area contributed by atoms with Crippen molar-refractivity contribution in [1.29, 1.82) is 0 Å². The molecule has 0 aliphatic carbocycles. The van der Waals surface area contributed by atoms with Crippen molar-refractivity contribution in [2.45, 2.75) is 6.92 Å². The molecule has 0 spiro atoms. The van der Waals surface area contributed by atoms with Crippen LogP contribution in [0.15, 0.2) is 60.7 Å². The zero-order valence-electron chi connectivity index (χ0n) is 19.5. The number of benzene rings is 2. The van der Waals surface area contributed by atoms with Crippen LogP contribution in [0.3, 0.4) is 0 Å². The van der Waals surface area contributed by atoms with Gasteiger partial charge in [0.15, 0.2) is 11.6 Å². The molecule has 2 aromatic heterocycles. The van der Waals surface area contributed by atoms with Crippen LogP contribution in [0.4, 0.5) is 27.8 Å². The van der Waals surface area contributed by atoms with Crippen molar-refractivity contribution in [3.63, 3.8) is 0 Å². The maximum atomic E-state index is 13.5. The monoisotopic (exact) mass is 489 g/mol. The van der Waals surface area contributed by atoms with E-state index in [1.165, 1.54) is 12.1 Å². The third-order valence-corrected chi connectivity index (χ3v) is 6.40. The smallest absolute Gasteiger partial charge is 0.233 e. The van der Waals surface area contributed by atoms with E-state index in [-0.39, 0.29) is 11.8 Å². The van der Waals surface area contributed by atoms with Crippen LogP contribution in [-0.2, 0) is 4.57 Å². The summed E-state index contributed by atoms with van der Waals surface area (Å²) in [5, 5.41) is 14.1. The first-order valence-electron chi connectivity index (χ1n) is 10.9. The van der Waals surface area contributed by atoms with E-state index in [2.05, 4.69) is 35.8 Å². The number of H-pyrrole nitrogens is 1. The predicted molar refractivity (Wildman–Crippen MR) is 141 cm³/mol. The molecule has 0 bridgehead atoms. The van der Waals surface area contributed by atoms with Gasteiger partial charge in [-0.2, -0.15) is 20.1 Å². The highest BCUT2D eigenvalue weighted by molar-refractivity contribution is 7.70. The molecule has 0 fully saturated rings. The van der Waals surface area contributed by atoms with Crippen LogP contribution in [0, 0.1) is 5.82 Å². The first-order valence-corrected chi connectivity index (χ1v) is 13.5. The average Bonchev–Trinajstić information content (AvgIpc) is 3.24. The molecule has 2 heterocycles. The van der Waals surface area contributed by atoms with Crippen LogP contribution in [0.25, 0.3) is 18.2 Å². The van der Waals surface area contributed by atoms with Crippen molar-refractivity contribution >= 4 is 54.1 Å². The third kappa shape index (κ3) is 6.71. The summed E-state index contributed by atoms with van der Waals surface area (Å²) < 4.78 is 25.8. The van der Waals surface area contributed by atoms with Gasteiger partial charge in [0.2, 0.25) is 11.9 Å². The second kappa shape index (κ2) is 10.4. The topological polar surface area (TPSA) is 108 Å². The molecule has 2 aromatic carbocycles. The Hall–Kier alpha value is -4.10. The molecule has 0 amide bonds. The molecule has 0 saturated heterocycles. The number of allylic oxidation sites excluding steroid dienone is 1. The van der Waals surface area contributed by atoms with Gasteiger partial charge < -0.3 is 15.2 Å². The molecule has 10 heteroatoms. The van der Waals surface area contributed by atoms with E-state index in [1.54, 1.807) is 37.6 Å². The normalized spacial score (nSPS) is 11.9. The minimum atomic E-state index is -2.35. The molecule has 8 nitrogen and oxygen atoms in total. The zero-order chi connectivity index (χ0) is 24.8. The summed E-state index contributed by atoms with van der Waals surface area (Å²) in [5.41, 5.74) is 2.24. The van der Waals surface area contributed by atoms with Crippen LogP contribution >= 0.6 is 7.14 Å². The number of hydrogen-bond donors (Lipinski definition) is 3. The predicted octanol–water partition coefficient (Wildman–Crippen LogP) is 5.67. The molecule has 0 unspecified atom stereocenters. The van der Waals surface area contributed by atoms with E-state index in [0.29, 0.717) is 23.2 Å². The number of aromatic amines is 1. The van der Waals surface area contributed by atoms with Crippen LogP contribution in [-0.4, -0.2) is 38.5 Å². The molecule has 4 rings (SSSR count). The van der Waals surface area contributed by atoms with Gasteiger partial charge in [-0.3, -0.25) is 5.10 Å². The fraction of sp³-hybridized carbons (Fsp3) is 0.120. The fourth-order valence-electron chi connectivity index (χ4n) is 3.17.